The van der Waals surface area contributed by atoms with Crippen molar-refractivity contribution in [2.24, 2.45) is 0 Å². The Labute approximate surface area is 128 Å². The lowest BCUT2D eigenvalue weighted by atomic mass is 10.0. The molecule has 3 nitrogen and oxygen atoms in total. The van der Waals surface area contributed by atoms with E-state index in [0.29, 0.717) is 0 Å². The van der Waals surface area contributed by atoms with Crippen LogP contribution in [0.4, 0.5) is 0 Å². The Kier molecular flexibility index (Phi) is 3.98. The minimum atomic E-state index is 0.133. The van der Waals surface area contributed by atoms with Crippen molar-refractivity contribution in [2.45, 2.75) is 25.4 Å². The highest BCUT2D eigenvalue weighted by Gasteiger charge is 2.39. The van der Waals surface area contributed by atoms with E-state index in [2.05, 4.69) is 45.7 Å². The van der Waals surface area contributed by atoms with Gasteiger partial charge < -0.3 is 10.2 Å². The number of hydrogen-bond donors (Lipinski definition) is 1. The zero-order chi connectivity index (χ0) is 13.9. The summed E-state index contributed by atoms with van der Waals surface area (Å²) in [4.78, 5) is 8.13. The van der Waals surface area contributed by atoms with Crippen LogP contribution in [0.2, 0.25) is 0 Å². The summed E-state index contributed by atoms with van der Waals surface area (Å²) in [6.45, 7) is 3.15. The third-order valence-corrected chi connectivity index (χ3v) is 4.79. The summed E-state index contributed by atoms with van der Waals surface area (Å²) >= 11 is 7.31. The Hall–Kier alpha value is -1.46. The van der Waals surface area contributed by atoms with Gasteiger partial charge in [0, 0.05) is 17.6 Å². The van der Waals surface area contributed by atoms with Crippen molar-refractivity contribution in [3.63, 3.8) is 0 Å². The first-order valence-electron chi connectivity index (χ1n) is 6.82. The molecule has 1 aliphatic heterocycles. The molecule has 2 aromatic rings. The molecule has 0 unspecified atom stereocenters. The molecular formula is C15H17N3S2. The standard InChI is InChI=1S/C15H17N3S2/c1-2-9-18-14(12-7-5-10-20-12)13(17-15(18)19)11-6-3-4-8-16-11/h3-8,10,13-14H,2,9H2,1H3,(H,17,19)/t13-,14-/m1/s1. The van der Waals surface area contributed by atoms with Crippen LogP contribution in [-0.4, -0.2) is 21.5 Å². The summed E-state index contributed by atoms with van der Waals surface area (Å²) in [5.74, 6) is 0. The van der Waals surface area contributed by atoms with Gasteiger partial charge in [0.2, 0.25) is 0 Å². The summed E-state index contributed by atoms with van der Waals surface area (Å²) in [6.07, 6.45) is 2.92. The SMILES string of the molecule is CCCN1C(=S)N[C@H](c2ccccn2)[C@H]1c1cccs1. The molecule has 0 aromatic carbocycles. The van der Waals surface area contributed by atoms with Crippen molar-refractivity contribution in [1.82, 2.24) is 15.2 Å². The largest absolute Gasteiger partial charge is 0.352 e. The van der Waals surface area contributed by atoms with E-state index in [0.717, 1.165) is 23.8 Å². The fourth-order valence-electron chi connectivity index (χ4n) is 2.66. The van der Waals surface area contributed by atoms with Crippen molar-refractivity contribution in [1.29, 1.82) is 0 Å². The van der Waals surface area contributed by atoms with Gasteiger partial charge in [0.05, 0.1) is 17.8 Å². The minimum Gasteiger partial charge on any atom is -0.352 e. The van der Waals surface area contributed by atoms with Crippen molar-refractivity contribution in [3.8, 4) is 0 Å². The quantitative estimate of drug-likeness (QED) is 0.875. The molecule has 1 fully saturated rings. The Morgan fingerprint density at radius 1 is 1.35 bits per heavy atom. The van der Waals surface area contributed by atoms with Crippen LogP contribution < -0.4 is 5.32 Å². The van der Waals surface area contributed by atoms with Gasteiger partial charge in [-0.2, -0.15) is 0 Å². The molecule has 0 spiro atoms. The maximum Gasteiger partial charge on any atom is 0.170 e. The van der Waals surface area contributed by atoms with Crippen LogP contribution in [0, 0.1) is 0 Å². The van der Waals surface area contributed by atoms with E-state index in [9.17, 15) is 0 Å². The molecule has 1 saturated heterocycles. The maximum absolute atomic E-state index is 5.53. The molecule has 0 aliphatic carbocycles. The highest BCUT2D eigenvalue weighted by Crippen LogP contribution is 2.40. The maximum atomic E-state index is 5.53. The Bertz CT molecular complexity index is 568. The lowest BCUT2D eigenvalue weighted by Gasteiger charge is -2.26. The molecule has 2 atom stereocenters. The van der Waals surface area contributed by atoms with E-state index < -0.39 is 0 Å². The monoisotopic (exact) mass is 303 g/mol. The summed E-state index contributed by atoms with van der Waals surface area (Å²) < 4.78 is 0. The van der Waals surface area contributed by atoms with Crippen LogP contribution in [0.15, 0.2) is 41.9 Å². The van der Waals surface area contributed by atoms with E-state index in [1.54, 1.807) is 11.3 Å². The first-order valence-corrected chi connectivity index (χ1v) is 8.11. The summed E-state index contributed by atoms with van der Waals surface area (Å²) in [5.41, 5.74) is 1.05. The van der Waals surface area contributed by atoms with E-state index >= 15 is 0 Å². The van der Waals surface area contributed by atoms with Gasteiger partial charge in [-0.15, -0.1) is 11.3 Å². The van der Waals surface area contributed by atoms with Gasteiger partial charge >= 0.3 is 0 Å². The smallest absolute Gasteiger partial charge is 0.170 e. The highest BCUT2D eigenvalue weighted by atomic mass is 32.1. The zero-order valence-corrected chi connectivity index (χ0v) is 13.0. The molecule has 1 aliphatic rings. The lowest BCUT2D eigenvalue weighted by Crippen LogP contribution is -2.29. The number of aromatic nitrogens is 1. The summed E-state index contributed by atoms with van der Waals surface area (Å²) in [7, 11) is 0. The zero-order valence-electron chi connectivity index (χ0n) is 11.3. The summed E-state index contributed by atoms with van der Waals surface area (Å²) in [5, 5.41) is 6.40. The predicted molar refractivity (Wildman–Crippen MR) is 86.8 cm³/mol. The first kappa shape index (κ1) is 13.5. The van der Waals surface area contributed by atoms with Crippen LogP contribution in [0.5, 0.6) is 0 Å². The molecule has 0 amide bonds. The lowest BCUT2D eigenvalue weighted by molar-refractivity contribution is 0.322. The molecular weight excluding hydrogens is 286 g/mol. The van der Waals surface area contributed by atoms with Crippen molar-refractivity contribution in [3.05, 3.63) is 52.5 Å². The van der Waals surface area contributed by atoms with Crippen LogP contribution in [0.3, 0.4) is 0 Å². The summed E-state index contributed by atoms with van der Waals surface area (Å²) in [6, 6.07) is 10.7. The van der Waals surface area contributed by atoms with Crippen LogP contribution >= 0.6 is 23.6 Å². The Morgan fingerprint density at radius 3 is 2.90 bits per heavy atom. The molecule has 0 radical (unpaired) electrons. The average Bonchev–Trinajstić information content (AvgIpc) is 3.09. The van der Waals surface area contributed by atoms with E-state index in [-0.39, 0.29) is 12.1 Å². The average molecular weight is 303 g/mol. The first-order chi connectivity index (χ1) is 9.81. The van der Waals surface area contributed by atoms with Gasteiger partial charge in [0.1, 0.15) is 0 Å². The fraction of sp³-hybridized carbons (Fsp3) is 0.333. The van der Waals surface area contributed by atoms with Crippen molar-refractivity contribution >= 4 is 28.7 Å². The Morgan fingerprint density at radius 2 is 2.25 bits per heavy atom. The van der Waals surface area contributed by atoms with Gasteiger partial charge in [-0.25, -0.2) is 0 Å². The molecule has 3 rings (SSSR count). The number of thiophene rings is 1. The molecule has 20 heavy (non-hydrogen) atoms. The fourth-order valence-corrected chi connectivity index (χ4v) is 3.86. The Balaban J connectivity index is 1.99. The third-order valence-electron chi connectivity index (χ3n) is 3.50. The van der Waals surface area contributed by atoms with Crippen LogP contribution in [0.25, 0.3) is 0 Å². The van der Waals surface area contributed by atoms with Crippen LogP contribution in [-0.2, 0) is 0 Å². The normalized spacial score (nSPS) is 22.1. The number of thiocarbonyl (C=S) groups is 1. The number of rotatable bonds is 4. The van der Waals surface area contributed by atoms with Gasteiger partial charge in [0.15, 0.2) is 5.11 Å². The van der Waals surface area contributed by atoms with E-state index in [1.807, 2.05) is 18.3 Å². The molecule has 2 aromatic heterocycles. The molecule has 0 bridgehead atoms. The van der Waals surface area contributed by atoms with Gasteiger partial charge in [0.25, 0.3) is 0 Å². The van der Waals surface area contributed by atoms with E-state index in [4.69, 9.17) is 12.2 Å². The van der Waals surface area contributed by atoms with E-state index in [1.165, 1.54) is 4.88 Å². The number of hydrogen-bond acceptors (Lipinski definition) is 3. The third kappa shape index (κ3) is 2.43. The number of nitrogens with zero attached hydrogens (tertiary/aromatic N) is 2. The second-order valence-corrected chi connectivity index (χ2v) is 6.20. The molecule has 0 saturated carbocycles. The van der Waals surface area contributed by atoms with Crippen molar-refractivity contribution < 1.29 is 0 Å². The molecule has 104 valence electrons. The number of nitrogens with one attached hydrogen (secondary N) is 1. The molecule has 3 heterocycles. The highest BCUT2D eigenvalue weighted by molar-refractivity contribution is 7.80. The van der Waals surface area contributed by atoms with Gasteiger partial charge in [-0.1, -0.05) is 19.1 Å². The number of pyridine rings is 1. The van der Waals surface area contributed by atoms with Gasteiger partial charge in [-0.05, 0) is 42.2 Å². The van der Waals surface area contributed by atoms with Crippen molar-refractivity contribution in [2.75, 3.05) is 6.54 Å². The topological polar surface area (TPSA) is 28.2 Å². The van der Waals surface area contributed by atoms with Gasteiger partial charge in [-0.3, -0.25) is 4.98 Å². The second kappa shape index (κ2) is 5.89. The molecule has 5 heteroatoms. The van der Waals surface area contributed by atoms with Crippen LogP contribution in [0.1, 0.15) is 36.0 Å². The second-order valence-electron chi connectivity index (χ2n) is 4.84. The molecule has 1 N–H and O–H groups in total. The minimum absolute atomic E-state index is 0.133. The predicted octanol–water partition coefficient (Wildman–Crippen LogP) is 3.53.